The monoisotopic (exact) mass is 392 g/mol. The molecule has 2 N–H and O–H groups in total. The van der Waals surface area contributed by atoms with E-state index in [2.05, 4.69) is 10.3 Å². The SMILES string of the molecule is COc1cccc(OC)c1OCC(O)CNC(=O)CSCc1ccccn1. The van der Waals surface area contributed by atoms with Crippen LogP contribution in [0.15, 0.2) is 42.6 Å². The number of carbonyl (C=O) groups is 1. The molecule has 1 aromatic heterocycles. The second-order valence-electron chi connectivity index (χ2n) is 5.57. The van der Waals surface area contributed by atoms with E-state index in [4.69, 9.17) is 14.2 Å². The highest BCUT2D eigenvalue weighted by Crippen LogP contribution is 2.36. The topological polar surface area (TPSA) is 89.9 Å². The number of hydrogen-bond acceptors (Lipinski definition) is 7. The van der Waals surface area contributed by atoms with Gasteiger partial charge in [-0.3, -0.25) is 9.78 Å². The molecule has 0 aliphatic carbocycles. The number of rotatable bonds is 11. The maximum Gasteiger partial charge on any atom is 0.230 e. The van der Waals surface area contributed by atoms with Crippen LogP contribution in [0.3, 0.4) is 0 Å². The van der Waals surface area contributed by atoms with Crippen molar-refractivity contribution in [3.8, 4) is 17.2 Å². The molecule has 2 rings (SSSR count). The van der Waals surface area contributed by atoms with Crippen LogP contribution in [-0.2, 0) is 10.5 Å². The van der Waals surface area contributed by atoms with Gasteiger partial charge < -0.3 is 24.6 Å². The number of hydrogen-bond donors (Lipinski definition) is 2. The molecule has 0 saturated carbocycles. The van der Waals surface area contributed by atoms with Crippen molar-refractivity contribution in [2.75, 3.05) is 33.1 Å². The van der Waals surface area contributed by atoms with Gasteiger partial charge in [-0.05, 0) is 24.3 Å². The normalized spacial score (nSPS) is 11.5. The number of thioether (sulfide) groups is 1. The quantitative estimate of drug-likeness (QED) is 0.603. The van der Waals surface area contributed by atoms with Crippen molar-refractivity contribution in [3.05, 3.63) is 48.3 Å². The standard InChI is InChI=1S/C19H24N2O5S/c1-24-16-7-5-8-17(25-2)19(16)26-11-15(22)10-21-18(23)13-27-12-14-6-3-4-9-20-14/h3-9,15,22H,10-13H2,1-2H3,(H,21,23). The minimum Gasteiger partial charge on any atom is -0.493 e. The molecule has 0 spiro atoms. The van der Waals surface area contributed by atoms with Gasteiger partial charge in [-0.25, -0.2) is 0 Å². The van der Waals surface area contributed by atoms with Gasteiger partial charge in [0.15, 0.2) is 11.5 Å². The van der Waals surface area contributed by atoms with Crippen LogP contribution in [0.25, 0.3) is 0 Å². The third-order valence-corrected chi connectivity index (χ3v) is 4.51. The molecule has 8 heteroatoms. The second kappa shape index (κ2) is 11.3. The fourth-order valence-corrected chi connectivity index (χ4v) is 2.98. The van der Waals surface area contributed by atoms with Crippen molar-refractivity contribution < 1.29 is 24.1 Å². The maximum absolute atomic E-state index is 11.9. The van der Waals surface area contributed by atoms with Crippen LogP contribution < -0.4 is 19.5 Å². The van der Waals surface area contributed by atoms with Gasteiger partial charge in [0.05, 0.1) is 25.7 Å². The van der Waals surface area contributed by atoms with Gasteiger partial charge in [0.2, 0.25) is 11.7 Å². The van der Waals surface area contributed by atoms with Gasteiger partial charge in [0.1, 0.15) is 12.7 Å². The van der Waals surface area contributed by atoms with E-state index < -0.39 is 6.10 Å². The number of aliphatic hydroxyl groups excluding tert-OH is 1. The Morgan fingerprint density at radius 2 is 1.93 bits per heavy atom. The van der Waals surface area contributed by atoms with Crippen molar-refractivity contribution in [3.63, 3.8) is 0 Å². The number of aliphatic hydroxyl groups is 1. The molecule has 0 aliphatic heterocycles. The first-order valence-corrected chi connectivity index (χ1v) is 9.55. The Hall–Kier alpha value is -2.45. The lowest BCUT2D eigenvalue weighted by Gasteiger charge is -2.17. The third kappa shape index (κ3) is 6.99. The molecule has 1 unspecified atom stereocenters. The van der Waals surface area contributed by atoms with Crippen LogP contribution in [0.5, 0.6) is 17.2 Å². The zero-order valence-corrected chi connectivity index (χ0v) is 16.2. The predicted octanol–water partition coefficient (Wildman–Crippen LogP) is 1.89. The highest BCUT2D eigenvalue weighted by molar-refractivity contribution is 7.99. The molecule has 1 amide bonds. The van der Waals surface area contributed by atoms with E-state index in [1.165, 1.54) is 26.0 Å². The third-order valence-electron chi connectivity index (χ3n) is 3.55. The summed E-state index contributed by atoms with van der Waals surface area (Å²) in [7, 11) is 3.06. The molecule has 0 radical (unpaired) electrons. The van der Waals surface area contributed by atoms with E-state index in [1.54, 1.807) is 24.4 Å². The number of aromatic nitrogens is 1. The summed E-state index contributed by atoms with van der Waals surface area (Å²) >= 11 is 1.47. The van der Waals surface area contributed by atoms with Gasteiger partial charge in [0.25, 0.3) is 0 Å². The summed E-state index contributed by atoms with van der Waals surface area (Å²) in [5.74, 6) is 2.24. The highest BCUT2D eigenvalue weighted by atomic mass is 32.2. The molecule has 1 heterocycles. The molecule has 146 valence electrons. The van der Waals surface area contributed by atoms with Crippen LogP contribution in [-0.4, -0.2) is 55.2 Å². The molecule has 1 aromatic carbocycles. The number of para-hydroxylation sites is 1. The number of carbonyl (C=O) groups excluding carboxylic acids is 1. The Morgan fingerprint density at radius 1 is 1.19 bits per heavy atom. The van der Waals surface area contributed by atoms with Crippen molar-refractivity contribution in [1.29, 1.82) is 0 Å². The number of benzene rings is 1. The molecule has 0 aliphatic rings. The number of ether oxygens (including phenoxy) is 3. The Morgan fingerprint density at radius 3 is 2.56 bits per heavy atom. The van der Waals surface area contributed by atoms with Crippen LogP contribution in [0.1, 0.15) is 5.69 Å². The van der Waals surface area contributed by atoms with Gasteiger partial charge >= 0.3 is 0 Å². The van der Waals surface area contributed by atoms with E-state index in [-0.39, 0.29) is 19.1 Å². The first-order chi connectivity index (χ1) is 13.1. The number of amides is 1. The second-order valence-corrected chi connectivity index (χ2v) is 6.56. The van der Waals surface area contributed by atoms with Crippen molar-refractivity contribution in [1.82, 2.24) is 10.3 Å². The average Bonchev–Trinajstić information content (AvgIpc) is 2.71. The summed E-state index contributed by atoms with van der Waals surface area (Å²) in [5, 5.41) is 12.7. The van der Waals surface area contributed by atoms with E-state index in [0.29, 0.717) is 28.8 Å². The first-order valence-electron chi connectivity index (χ1n) is 8.40. The summed E-state index contributed by atoms with van der Waals surface area (Å²) in [6, 6.07) is 10.9. The van der Waals surface area contributed by atoms with Crippen LogP contribution in [0.2, 0.25) is 0 Å². The first kappa shape index (κ1) is 20.9. The minimum atomic E-state index is -0.857. The number of nitrogens with zero attached hydrogens (tertiary/aromatic N) is 1. The predicted molar refractivity (Wildman–Crippen MR) is 104 cm³/mol. The van der Waals surface area contributed by atoms with E-state index >= 15 is 0 Å². The fraction of sp³-hybridized carbons (Fsp3) is 0.368. The minimum absolute atomic E-state index is 0.00189. The summed E-state index contributed by atoms with van der Waals surface area (Å²) < 4.78 is 16.1. The van der Waals surface area contributed by atoms with Gasteiger partial charge in [0, 0.05) is 18.5 Å². The van der Waals surface area contributed by atoms with Crippen molar-refractivity contribution in [2.24, 2.45) is 0 Å². The Kier molecular flexibility index (Phi) is 8.73. The van der Waals surface area contributed by atoms with E-state index in [9.17, 15) is 9.90 Å². The molecule has 7 nitrogen and oxygen atoms in total. The van der Waals surface area contributed by atoms with Crippen LogP contribution in [0, 0.1) is 0 Å². The summed E-state index contributed by atoms with van der Waals surface area (Å²) in [6.45, 7) is 0.0958. The lowest BCUT2D eigenvalue weighted by Crippen LogP contribution is -2.36. The van der Waals surface area contributed by atoms with E-state index in [1.807, 2.05) is 18.2 Å². The van der Waals surface area contributed by atoms with Crippen LogP contribution >= 0.6 is 11.8 Å². The molecule has 0 saturated heterocycles. The van der Waals surface area contributed by atoms with Crippen molar-refractivity contribution >= 4 is 17.7 Å². The molecule has 27 heavy (non-hydrogen) atoms. The molecular weight excluding hydrogens is 368 g/mol. The van der Waals surface area contributed by atoms with Crippen molar-refractivity contribution in [2.45, 2.75) is 11.9 Å². The van der Waals surface area contributed by atoms with Gasteiger partial charge in [-0.1, -0.05) is 12.1 Å². The summed E-state index contributed by atoms with van der Waals surface area (Å²) in [6.07, 6.45) is 0.868. The molecule has 1 atom stereocenters. The Labute approximate surface area is 163 Å². The lowest BCUT2D eigenvalue weighted by molar-refractivity contribution is -0.119. The maximum atomic E-state index is 11.9. The fourth-order valence-electron chi connectivity index (χ4n) is 2.21. The number of pyridine rings is 1. The zero-order chi connectivity index (χ0) is 19.5. The Balaban J connectivity index is 1.70. The summed E-state index contributed by atoms with van der Waals surface area (Å²) in [4.78, 5) is 16.1. The smallest absolute Gasteiger partial charge is 0.230 e. The lowest BCUT2D eigenvalue weighted by atomic mass is 10.3. The molecular formula is C19H24N2O5S. The Bertz CT molecular complexity index is 692. The van der Waals surface area contributed by atoms with Gasteiger partial charge in [-0.2, -0.15) is 0 Å². The molecule has 2 aromatic rings. The number of methoxy groups -OCH3 is 2. The zero-order valence-electron chi connectivity index (χ0n) is 15.4. The van der Waals surface area contributed by atoms with E-state index in [0.717, 1.165) is 5.69 Å². The molecule has 0 fully saturated rings. The highest BCUT2D eigenvalue weighted by Gasteiger charge is 2.14. The summed E-state index contributed by atoms with van der Waals surface area (Å²) in [5.41, 5.74) is 0.925. The van der Waals surface area contributed by atoms with Gasteiger partial charge in [-0.15, -0.1) is 11.8 Å². The van der Waals surface area contributed by atoms with Crippen LogP contribution in [0.4, 0.5) is 0 Å². The average molecular weight is 392 g/mol. The molecule has 0 bridgehead atoms. The largest absolute Gasteiger partial charge is 0.493 e. The number of nitrogens with one attached hydrogen (secondary N) is 1.